The van der Waals surface area contributed by atoms with Crippen LogP contribution in [0.5, 0.6) is 0 Å². The molecule has 0 bridgehead atoms. The Bertz CT molecular complexity index is 97.6. The Morgan fingerprint density at radius 1 is 1.00 bits per heavy atom. The van der Waals surface area contributed by atoms with E-state index in [0.29, 0.717) is 0 Å². The van der Waals surface area contributed by atoms with E-state index in [1.807, 2.05) is 0 Å². The second-order valence-corrected chi connectivity index (χ2v) is 5.17. The molecule has 0 saturated heterocycles. The molecule has 0 nitrogen and oxygen atoms in total. The van der Waals surface area contributed by atoms with E-state index in [9.17, 15) is 22.0 Å². The molecule has 7 heteroatoms. The fourth-order valence-electron chi connectivity index (χ4n) is 0.0437. The SMILES string of the molecule is FC(F)(F)C(F)(F)[IH]Br. The van der Waals surface area contributed by atoms with Crippen molar-refractivity contribution in [2.45, 2.75) is 10.1 Å². The summed E-state index contributed by atoms with van der Waals surface area (Å²) < 4.78 is 51.9. The minimum atomic E-state index is -5.38. The summed E-state index contributed by atoms with van der Waals surface area (Å²) in [5, 5.41) is 0. The van der Waals surface area contributed by atoms with Gasteiger partial charge in [0.15, 0.2) is 0 Å². The van der Waals surface area contributed by atoms with Gasteiger partial charge in [-0.05, 0) is 0 Å². The van der Waals surface area contributed by atoms with Crippen LogP contribution in [0.3, 0.4) is 0 Å². The molecule has 0 heterocycles. The van der Waals surface area contributed by atoms with Crippen molar-refractivity contribution in [3.8, 4) is 0 Å². The first-order chi connectivity index (χ1) is 3.81. The summed E-state index contributed by atoms with van der Waals surface area (Å²) in [5.41, 5.74) is 0. The van der Waals surface area contributed by atoms with Crippen LogP contribution in [0.25, 0.3) is 0 Å². The molecule has 0 rings (SSSR count). The standard InChI is InChI=1S/C2HBrF5I/c3-9-2(7,8)1(4,5)6/h9H. The molecule has 0 aromatic rings. The van der Waals surface area contributed by atoms with Crippen LogP contribution in [-0.2, 0) is 0 Å². The number of alkyl halides is 6. The van der Waals surface area contributed by atoms with Gasteiger partial charge in [0.1, 0.15) is 0 Å². The average molecular weight is 327 g/mol. The van der Waals surface area contributed by atoms with Crippen molar-refractivity contribution in [3.63, 3.8) is 0 Å². The summed E-state index contributed by atoms with van der Waals surface area (Å²) in [6.45, 7) is 0. The minimum absolute atomic E-state index is 2.17. The Balaban J connectivity index is 4.14. The number of halogens is 7. The molecule has 0 N–H and O–H groups in total. The number of rotatable bonds is 1. The molecule has 0 spiro atoms. The van der Waals surface area contributed by atoms with Gasteiger partial charge in [0.2, 0.25) is 0 Å². The Morgan fingerprint density at radius 2 is 1.33 bits per heavy atom. The molecule has 0 unspecified atom stereocenters. The zero-order chi connectivity index (χ0) is 7.71. The third kappa shape index (κ3) is 2.52. The fourth-order valence-corrected chi connectivity index (χ4v) is 1.52. The molecule has 0 radical (unpaired) electrons. The van der Waals surface area contributed by atoms with Gasteiger partial charge in [-0.3, -0.25) is 0 Å². The molecular weight excluding hydrogens is 326 g/mol. The van der Waals surface area contributed by atoms with Crippen LogP contribution in [0.4, 0.5) is 22.0 Å². The second-order valence-electron chi connectivity index (χ2n) is 1.09. The summed E-state index contributed by atoms with van der Waals surface area (Å²) in [6.07, 6.45) is -5.38. The summed E-state index contributed by atoms with van der Waals surface area (Å²) in [5.74, 6) is 0. The van der Waals surface area contributed by atoms with Gasteiger partial charge in [0.25, 0.3) is 0 Å². The van der Waals surface area contributed by atoms with Gasteiger partial charge in [0, 0.05) is 0 Å². The van der Waals surface area contributed by atoms with E-state index in [0.717, 1.165) is 0 Å². The molecule has 0 aliphatic heterocycles. The third-order valence-corrected chi connectivity index (χ3v) is 4.37. The van der Waals surface area contributed by atoms with Crippen molar-refractivity contribution >= 4 is 31.7 Å². The van der Waals surface area contributed by atoms with Crippen molar-refractivity contribution in [2.24, 2.45) is 0 Å². The van der Waals surface area contributed by atoms with Crippen molar-refractivity contribution in [3.05, 3.63) is 0 Å². The maximum absolute atomic E-state index is 11.5. The van der Waals surface area contributed by atoms with Crippen molar-refractivity contribution in [1.82, 2.24) is 0 Å². The first-order valence-corrected chi connectivity index (χ1v) is 7.94. The Labute approximate surface area is 63.8 Å². The molecule has 0 aromatic heterocycles. The quantitative estimate of drug-likeness (QED) is 0.394. The van der Waals surface area contributed by atoms with Crippen LogP contribution in [0.15, 0.2) is 0 Å². The first-order valence-electron chi connectivity index (χ1n) is 1.55. The third-order valence-electron chi connectivity index (χ3n) is 0.427. The van der Waals surface area contributed by atoms with Gasteiger partial charge in [-0.25, -0.2) is 0 Å². The monoisotopic (exact) mass is 326 g/mol. The summed E-state index contributed by atoms with van der Waals surface area (Å²) >= 11 is -0.270. The Hall–Kier alpha value is 0.860. The fraction of sp³-hybridized carbons (Fsp3) is 1.00. The summed E-state index contributed by atoms with van der Waals surface area (Å²) in [4.78, 5) is 0. The molecule has 0 aliphatic rings. The molecule has 9 heavy (non-hydrogen) atoms. The molecule has 0 fully saturated rings. The molecule has 0 aliphatic carbocycles. The van der Waals surface area contributed by atoms with Crippen molar-refractivity contribution in [2.75, 3.05) is 0 Å². The number of hydrogen-bond donors (Lipinski definition) is 0. The van der Waals surface area contributed by atoms with Crippen LogP contribution < -0.4 is 0 Å². The summed E-state index contributed by atoms with van der Waals surface area (Å²) in [7, 11) is 0. The molecular formula is C2HBrF5I. The van der Waals surface area contributed by atoms with Crippen LogP contribution in [-0.4, -0.2) is 10.1 Å². The van der Waals surface area contributed by atoms with E-state index in [-0.39, 0.29) is 0 Å². The predicted octanol–water partition coefficient (Wildman–Crippen LogP) is 3.15. The van der Waals surface area contributed by atoms with E-state index < -0.39 is 29.1 Å². The predicted molar refractivity (Wildman–Crippen MR) is 35.3 cm³/mol. The average Bonchev–Trinajstić information content (AvgIpc) is 1.64. The maximum atomic E-state index is 11.5. The van der Waals surface area contributed by atoms with Gasteiger partial charge >= 0.3 is 63.7 Å². The Morgan fingerprint density at radius 3 is 1.33 bits per heavy atom. The molecule has 0 aromatic carbocycles. The van der Waals surface area contributed by atoms with E-state index in [2.05, 4.69) is 12.7 Å². The second kappa shape index (κ2) is 2.85. The van der Waals surface area contributed by atoms with Crippen molar-refractivity contribution < 1.29 is 22.0 Å². The zero-order valence-corrected chi connectivity index (χ0v) is 7.59. The van der Waals surface area contributed by atoms with E-state index >= 15 is 0 Å². The molecule has 0 amide bonds. The van der Waals surface area contributed by atoms with Crippen LogP contribution in [0.2, 0.25) is 0 Å². The molecule has 58 valence electrons. The normalized spacial score (nSPS) is 14.4. The van der Waals surface area contributed by atoms with Gasteiger partial charge in [0.05, 0.1) is 0 Å². The number of hydrogen-bond acceptors (Lipinski definition) is 0. The van der Waals surface area contributed by atoms with E-state index in [4.69, 9.17) is 0 Å². The van der Waals surface area contributed by atoms with E-state index in [1.54, 1.807) is 0 Å². The molecule has 0 atom stereocenters. The van der Waals surface area contributed by atoms with Crippen molar-refractivity contribution in [1.29, 1.82) is 0 Å². The van der Waals surface area contributed by atoms with Gasteiger partial charge < -0.3 is 0 Å². The van der Waals surface area contributed by atoms with E-state index in [1.165, 1.54) is 0 Å². The zero-order valence-electron chi connectivity index (χ0n) is 3.68. The summed E-state index contributed by atoms with van der Waals surface area (Å²) in [6, 6.07) is 0. The van der Waals surface area contributed by atoms with Crippen LogP contribution in [0, 0.1) is 0 Å². The van der Waals surface area contributed by atoms with Gasteiger partial charge in [-0.15, -0.1) is 0 Å². The molecule has 0 saturated carbocycles. The van der Waals surface area contributed by atoms with Gasteiger partial charge in [-0.2, -0.15) is 0 Å². The first kappa shape index (κ1) is 9.86. The topological polar surface area (TPSA) is 0 Å². The van der Waals surface area contributed by atoms with Gasteiger partial charge in [-0.1, -0.05) is 0 Å². The van der Waals surface area contributed by atoms with Crippen LogP contribution >= 0.6 is 31.7 Å². The van der Waals surface area contributed by atoms with Crippen LogP contribution in [0.1, 0.15) is 0 Å². The Kier molecular flexibility index (Phi) is 3.12.